The first kappa shape index (κ1) is 26.7. The highest BCUT2D eigenvalue weighted by molar-refractivity contribution is 7.80. The van der Waals surface area contributed by atoms with Crippen LogP contribution in [0.25, 0.3) is 0 Å². The van der Waals surface area contributed by atoms with Crippen molar-refractivity contribution in [2.75, 3.05) is 12.3 Å². The molecule has 1 aromatic carbocycles. The van der Waals surface area contributed by atoms with Crippen molar-refractivity contribution in [2.24, 2.45) is 5.92 Å². The summed E-state index contributed by atoms with van der Waals surface area (Å²) in [5.74, 6) is -2.43. The molecule has 3 amide bonds. The van der Waals surface area contributed by atoms with E-state index in [2.05, 4.69) is 33.9 Å². The molecule has 182 valence electrons. The van der Waals surface area contributed by atoms with Crippen LogP contribution in [0, 0.1) is 5.92 Å². The molecule has 4 atom stereocenters. The lowest BCUT2D eigenvalue weighted by atomic mass is 10.0. The van der Waals surface area contributed by atoms with E-state index in [9.17, 15) is 24.3 Å². The van der Waals surface area contributed by atoms with E-state index in [0.29, 0.717) is 12.8 Å². The normalized spacial score (nSPS) is 18.2. The predicted octanol–water partition coefficient (Wildman–Crippen LogP) is 0.496. The molecule has 0 spiro atoms. The van der Waals surface area contributed by atoms with Gasteiger partial charge in [0.25, 0.3) is 0 Å². The first-order valence-corrected chi connectivity index (χ1v) is 11.9. The van der Waals surface area contributed by atoms with Gasteiger partial charge in [-0.25, -0.2) is 4.79 Å². The summed E-state index contributed by atoms with van der Waals surface area (Å²) in [5.41, 5.74) is 0.771. The molecule has 1 saturated heterocycles. The molecule has 1 aliphatic heterocycles. The van der Waals surface area contributed by atoms with Crippen LogP contribution in [0.4, 0.5) is 0 Å². The lowest BCUT2D eigenvalue weighted by Gasteiger charge is -2.25. The minimum Gasteiger partial charge on any atom is -0.480 e. The van der Waals surface area contributed by atoms with Crippen molar-refractivity contribution in [1.29, 1.82) is 0 Å². The monoisotopic (exact) mass is 478 g/mol. The molecule has 1 aliphatic rings. The van der Waals surface area contributed by atoms with Crippen LogP contribution in [0.5, 0.6) is 0 Å². The molecular weight excluding hydrogens is 444 g/mol. The lowest BCUT2D eigenvalue weighted by molar-refractivity contribution is -0.142. The van der Waals surface area contributed by atoms with Gasteiger partial charge >= 0.3 is 5.97 Å². The summed E-state index contributed by atoms with van der Waals surface area (Å²) < 4.78 is 0. The van der Waals surface area contributed by atoms with E-state index in [1.165, 1.54) is 0 Å². The van der Waals surface area contributed by atoms with Gasteiger partial charge < -0.3 is 26.4 Å². The van der Waals surface area contributed by atoms with Gasteiger partial charge in [0.1, 0.15) is 18.1 Å². The van der Waals surface area contributed by atoms with Crippen molar-refractivity contribution in [3.05, 3.63) is 35.9 Å². The molecular formula is C23H34N4O5S. The number of carboxylic acids is 1. The largest absolute Gasteiger partial charge is 0.480 e. The van der Waals surface area contributed by atoms with E-state index < -0.39 is 35.9 Å². The summed E-state index contributed by atoms with van der Waals surface area (Å²) in [6, 6.07) is 5.65. The second kappa shape index (κ2) is 13.2. The number of rotatable bonds is 12. The van der Waals surface area contributed by atoms with Crippen molar-refractivity contribution in [1.82, 2.24) is 21.3 Å². The fourth-order valence-corrected chi connectivity index (χ4v) is 3.93. The van der Waals surface area contributed by atoms with Crippen LogP contribution < -0.4 is 21.3 Å². The van der Waals surface area contributed by atoms with Crippen LogP contribution >= 0.6 is 12.6 Å². The fourth-order valence-electron chi connectivity index (χ4n) is 3.67. The summed E-state index contributed by atoms with van der Waals surface area (Å²) >= 11 is 4.18. The average Bonchev–Trinajstić information content (AvgIpc) is 3.31. The van der Waals surface area contributed by atoms with Gasteiger partial charge in [0.2, 0.25) is 17.7 Å². The second-order valence-electron chi connectivity index (χ2n) is 8.67. The topological polar surface area (TPSA) is 137 Å². The zero-order chi connectivity index (χ0) is 24.4. The Labute approximate surface area is 199 Å². The molecule has 0 bridgehead atoms. The molecule has 0 radical (unpaired) electrons. The van der Waals surface area contributed by atoms with Crippen molar-refractivity contribution < 1.29 is 24.3 Å². The molecule has 1 heterocycles. The molecule has 0 aromatic heterocycles. The van der Waals surface area contributed by atoms with E-state index in [4.69, 9.17) is 0 Å². The van der Waals surface area contributed by atoms with Crippen LogP contribution in [0.15, 0.2) is 30.3 Å². The van der Waals surface area contributed by atoms with Crippen LogP contribution in [-0.4, -0.2) is 65.3 Å². The Morgan fingerprint density at radius 2 is 1.67 bits per heavy atom. The zero-order valence-electron chi connectivity index (χ0n) is 19.0. The third-order valence-corrected chi connectivity index (χ3v) is 5.79. The number of benzene rings is 1. The van der Waals surface area contributed by atoms with E-state index >= 15 is 0 Å². The van der Waals surface area contributed by atoms with Gasteiger partial charge in [0, 0.05) is 12.2 Å². The van der Waals surface area contributed by atoms with Gasteiger partial charge in [-0.1, -0.05) is 44.2 Å². The third-order valence-electron chi connectivity index (χ3n) is 5.43. The summed E-state index contributed by atoms with van der Waals surface area (Å²) in [5, 5.41) is 20.6. The summed E-state index contributed by atoms with van der Waals surface area (Å²) in [6.07, 6.45) is 2.02. The molecule has 0 aliphatic carbocycles. The van der Waals surface area contributed by atoms with Crippen LogP contribution in [0.2, 0.25) is 0 Å². The lowest BCUT2D eigenvalue weighted by Crippen LogP contribution is -2.58. The number of nitrogens with one attached hydrogen (secondary N) is 4. The molecule has 0 saturated carbocycles. The standard InChI is InChI=1S/C23H34N4O5S/c1-14(2)11-17(21(29)26-18(23(31)32)12-15-7-4-3-5-8-15)25-22(30)19(13-33)27-20(28)16-9-6-10-24-16/h3-5,7-8,14,16-19,24,33H,6,9-13H2,1-2H3,(H,25,30)(H,26,29)(H,27,28)(H,31,32). The highest BCUT2D eigenvalue weighted by atomic mass is 32.1. The summed E-state index contributed by atoms with van der Waals surface area (Å²) in [4.78, 5) is 49.9. The molecule has 10 heteroatoms. The smallest absolute Gasteiger partial charge is 0.326 e. The summed E-state index contributed by atoms with van der Waals surface area (Å²) in [6.45, 7) is 4.55. The van der Waals surface area contributed by atoms with Crippen LogP contribution in [0.1, 0.15) is 38.7 Å². The van der Waals surface area contributed by atoms with Crippen LogP contribution in [0.3, 0.4) is 0 Å². The number of carbonyl (C=O) groups excluding carboxylic acids is 3. The molecule has 5 N–H and O–H groups in total. The minimum atomic E-state index is -1.16. The average molecular weight is 479 g/mol. The Morgan fingerprint density at radius 3 is 2.21 bits per heavy atom. The number of aliphatic carboxylic acids is 1. The van der Waals surface area contributed by atoms with Crippen LogP contribution in [-0.2, 0) is 25.6 Å². The van der Waals surface area contributed by atoms with Gasteiger partial charge in [-0.2, -0.15) is 12.6 Å². The van der Waals surface area contributed by atoms with Crippen molar-refractivity contribution >= 4 is 36.3 Å². The molecule has 2 rings (SSSR count). The highest BCUT2D eigenvalue weighted by Gasteiger charge is 2.31. The molecule has 9 nitrogen and oxygen atoms in total. The minimum absolute atomic E-state index is 0.0604. The van der Waals surface area contributed by atoms with Gasteiger partial charge in [0.15, 0.2) is 0 Å². The molecule has 1 aromatic rings. The molecule has 4 unspecified atom stereocenters. The first-order valence-electron chi connectivity index (χ1n) is 11.2. The number of amides is 3. The Bertz CT molecular complexity index is 814. The maximum atomic E-state index is 13.0. The van der Waals surface area contributed by atoms with E-state index in [-0.39, 0.29) is 30.0 Å². The first-order chi connectivity index (χ1) is 15.7. The third kappa shape index (κ3) is 8.70. The highest BCUT2D eigenvalue weighted by Crippen LogP contribution is 2.09. The number of carbonyl (C=O) groups is 4. The van der Waals surface area contributed by atoms with Gasteiger partial charge in [-0.15, -0.1) is 0 Å². The number of hydrogen-bond acceptors (Lipinski definition) is 6. The Balaban J connectivity index is 2.04. The van der Waals surface area contributed by atoms with Crippen molar-refractivity contribution in [3.8, 4) is 0 Å². The van der Waals surface area contributed by atoms with E-state index in [0.717, 1.165) is 18.5 Å². The van der Waals surface area contributed by atoms with Gasteiger partial charge in [-0.05, 0) is 37.3 Å². The predicted molar refractivity (Wildman–Crippen MR) is 128 cm³/mol. The Morgan fingerprint density at radius 1 is 1.03 bits per heavy atom. The second-order valence-corrected chi connectivity index (χ2v) is 9.04. The fraction of sp³-hybridized carbons (Fsp3) is 0.565. The maximum absolute atomic E-state index is 13.0. The van der Waals surface area contributed by atoms with Crippen molar-refractivity contribution in [2.45, 2.75) is 63.7 Å². The van der Waals surface area contributed by atoms with Crippen molar-refractivity contribution in [3.63, 3.8) is 0 Å². The number of thiol groups is 1. The summed E-state index contributed by atoms with van der Waals surface area (Å²) in [7, 11) is 0. The molecule has 1 fully saturated rings. The quantitative estimate of drug-likeness (QED) is 0.242. The zero-order valence-corrected chi connectivity index (χ0v) is 19.9. The van der Waals surface area contributed by atoms with E-state index in [1.807, 2.05) is 19.9 Å². The van der Waals surface area contributed by atoms with Gasteiger partial charge in [0.05, 0.1) is 6.04 Å². The Kier molecular flexibility index (Phi) is 10.7. The molecule has 33 heavy (non-hydrogen) atoms. The SMILES string of the molecule is CC(C)CC(NC(=O)C(CS)NC(=O)C1CCCN1)C(=O)NC(Cc1ccccc1)C(=O)O. The maximum Gasteiger partial charge on any atom is 0.326 e. The Hall–Kier alpha value is -2.59. The van der Waals surface area contributed by atoms with E-state index in [1.54, 1.807) is 24.3 Å². The van der Waals surface area contributed by atoms with Gasteiger partial charge in [-0.3, -0.25) is 14.4 Å². The number of hydrogen-bond donors (Lipinski definition) is 6. The number of carboxylic acid groups (broad SMARTS) is 1.